The van der Waals surface area contributed by atoms with Crippen LogP contribution in [0.25, 0.3) is 0 Å². The molecule has 0 aliphatic carbocycles. The van der Waals surface area contributed by atoms with Gasteiger partial charge in [0.15, 0.2) is 18.2 Å². The number of thioether (sulfide) groups is 1. The maximum atomic E-state index is 13.6. The van der Waals surface area contributed by atoms with Gasteiger partial charge in [-0.1, -0.05) is 41.9 Å². The molecule has 3 rings (SSSR count). The van der Waals surface area contributed by atoms with Gasteiger partial charge >= 0.3 is 0 Å². The van der Waals surface area contributed by atoms with Crippen molar-refractivity contribution in [2.75, 3.05) is 25.4 Å². The average molecular weight is 380 g/mol. The van der Waals surface area contributed by atoms with Crippen LogP contribution in [0.3, 0.4) is 0 Å². The number of para-hydroxylation sites is 1. The molecule has 1 fully saturated rings. The number of hydrogen-bond acceptors (Lipinski definition) is 3. The summed E-state index contributed by atoms with van der Waals surface area (Å²) < 4.78 is 18.9. The fourth-order valence-electron chi connectivity index (χ4n) is 2.80. The fraction of sp³-hybridized carbons (Fsp3) is 0.316. The Morgan fingerprint density at radius 2 is 1.96 bits per heavy atom. The van der Waals surface area contributed by atoms with Crippen LogP contribution >= 0.6 is 23.4 Å². The lowest BCUT2D eigenvalue weighted by Gasteiger charge is -2.20. The zero-order valence-corrected chi connectivity index (χ0v) is 15.2. The largest absolute Gasteiger partial charge is 0.481 e. The number of amides is 1. The number of halogens is 2. The predicted octanol–water partition coefficient (Wildman–Crippen LogP) is 4.56. The summed E-state index contributed by atoms with van der Waals surface area (Å²) in [6, 6.07) is 13.9. The van der Waals surface area contributed by atoms with Crippen LogP contribution in [0.4, 0.5) is 4.39 Å². The third-order valence-corrected chi connectivity index (χ3v) is 5.79. The standard InChI is InChI=1S/C19H19ClFNO2S/c20-15-6-2-1-5-14(15)18-9-10-22(11-12-25-18)19(23)13-24-17-8-4-3-7-16(17)21/h1-8,18H,9-13H2. The molecular weight excluding hydrogens is 361 g/mol. The molecule has 3 nitrogen and oxygen atoms in total. The molecule has 0 saturated carbocycles. The SMILES string of the molecule is O=C(COc1ccccc1F)N1CCSC(c2ccccc2Cl)CC1. The molecule has 0 spiro atoms. The molecule has 2 aromatic carbocycles. The van der Waals surface area contributed by atoms with Gasteiger partial charge < -0.3 is 9.64 Å². The summed E-state index contributed by atoms with van der Waals surface area (Å²) in [4.78, 5) is 14.2. The molecule has 6 heteroatoms. The van der Waals surface area contributed by atoms with Crippen LogP contribution in [0.1, 0.15) is 17.2 Å². The Morgan fingerprint density at radius 1 is 1.20 bits per heavy atom. The molecule has 1 aliphatic heterocycles. The Labute approximate surface area is 156 Å². The molecule has 0 N–H and O–H groups in total. The highest BCUT2D eigenvalue weighted by Gasteiger charge is 2.23. The van der Waals surface area contributed by atoms with Crippen molar-refractivity contribution in [1.29, 1.82) is 0 Å². The second-order valence-electron chi connectivity index (χ2n) is 5.77. The Bertz CT molecular complexity index is 743. The van der Waals surface area contributed by atoms with Gasteiger partial charge in [-0.25, -0.2) is 4.39 Å². The maximum absolute atomic E-state index is 13.6. The van der Waals surface area contributed by atoms with E-state index in [1.54, 1.807) is 17.0 Å². The van der Waals surface area contributed by atoms with E-state index in [0.717, 1.165) is 22.8 Å². The van der Waals surface area contributed by atoms with Gasteiger partial charge in [-0.3, -0.25) is 4.79 Å². The Hall–Kier alpha value is -1.72. The highest BCUT2D eigenvalue weighted by atomic mass is 35.5. The summed E-state index contributed by atoms with van der Waals surface area (Å²) in [5, 5.41) is 1.04. The number of hydrogen-bond donors (Lipinski definition) is 0. The number of ether oxygens (including phenoxy) is 1. The quantitative estimate of drug-likeness (QED) is 0.779. The minimum atomic E-state index is -0.458. The van der Waals surface area contributed by atoms with E-state index in [1.165, 1.54) is 12.1 Å². The number of benzene rings is 2. The molecule has 25 heavy (non-hydrogen) atoms. The van der Waals surface area contributed by atoms with E-state index < -0.39 is 5.82 Å². The molecule has 0 radical (unpaired) electrons. The molecule has 132 valence electrons. The molecule has 2 aromatic rings. The molecule has 1 amide bonds. The second kappa shape index (κ2) is 8.59. The van der Waals surface area contributed by atoms with E-state index in [2.05, 4.69) is 0 Å². The first kappa shape index (κ1) is 18.1. The van der Waals surface area contributed by atoms with Crippen LogP contribution in [-0.4, -0.2) is 36.3 Å². The van der Waals surface area contributed by atoms with Gasteiger partial charge in [-0.15, -0.1) is 0 Å². The van der Waals surface area contributed by atoms with Crippen molar-refractivity contribution in [2.45, 2.75) is 11.7 Å². The zero-order chi connectivity index (χ0) is 17.6. The fourth-order valence-corrected chi connectivity index (χ4v) is 4.40. The predicted molar refractivity (Wildman–Crippen MR) is 99.7 cm³/mol. The molecule has 0 bridgehead atoms. The smallest absolute Gasteiger partial charge is 0.260 e. The topological polar surface area (TPSA) is 29.5 Å². The Morgan fingerprint density at radius 3 is 2.76 bits per heavy atom. The lowest BCUT2D eigenvalue weighted by molar-refractivity contribution is -0.133. The molecular formula is C19H19ClFNO2S. The number of rotatable bonds is 4. The number of carbonyl (C=O) groups is 1. The first-order chi connectivity index (χ1) is 12.1. The van der Waals surface area contributed by atoms with E-state index in [0.29, 0.717) is 13.1 Å². The first-order valence-electron chi connectivity index (χ1n) is 8.16. The molecule has 0 aromatic heterocycles. The van der Waals surface area contributed by atoms with Gasteiger partial charge in [0.05, 0.1) is 0 Å². The average Bonchev–Trinajstić information content (AvgIpc) is 2.87. The molecule has 1 saturated heterocycles. The van der Waals surface area contributed by atoms with E-state index in [1.807, 2.05) is 36.0 Å². The summed E-state index contributed by atoms with van der Waals surface area (Å²) in [6.07, 6.45) is 0.833. The van der Waals surface area contributed by atoms with Crippen molar-refractivity contribution >= 4 is 29.3 Å². The molecule has 1 unspecified atom stereocenters. The summed E-state index contributed by atoms with van der Waals surface area (Å²) in [6.45, 7) is 1.15. The van der Waals surface area contributed by atoms with Crippen molar-refractivity contribution in [2.24, 2.45) is 0 Å². The van der Waals surface area contributed by atoms with Crippen LogP contribution in [0.15, 0.2) is 48.5 Å². The van der Waals surface area contributed by atoms with Crippen molar-refractivity contribution in [3.05, 3.63) is 64.9 Å². The molecule has 1 atom stereocenters. The van der Waals surface area contributed by atoms with Gasteiger partial charge in [0.2, 0.25) is 0 Å². The van der Waals surface area contributed by atoms with E-state index >= 15 is 0 Å². The van der Waals surface area contributed by atoms with E-state index in [-0.39, 0.29) is 23.5 Å². The maximum Gasteiger partial charge on any atom is 0.260 e. The van der Waals surface area contributed by atoms with Gasteiger partial charge in [-0.2, -0.15) is 11.8 Å². The van der Waals surface area contributed by atoms with Crippen molar-refractivity contribution in [1.82, 2.24) is 4.90 Å². The van der Waals surface area contributed by atoms with Crippen molar-refractivity contribution in [3.8, 4) is 5.75 Å². The highest BCUT2D eigenvalue weighted by Crippen LogP contribution is 2.37. The highest BCUT2D eigenvalue weighted by molar-refractivity contribution is 7.99. The van der Waals surface area contributed by atoms with E-state index in [9.17, 15) is 9.18 Å². The van der Waals surface area contributed by atoms with Crippen LogP contribution in [-0.2, 0) is 4.79 Å². The summed E-state index contributed by atoms with van der Waals surface area (Å²) in [5.41, 5.74) is 1.12. The normalized spacial score (nSPS) is 17.8. The van der Waals surface area contributed by atoms with Gasteiger partial charge in [-0.05, 0) is 30.2 Å². The number of carbonyl (C=O) groups excluding carboxylic acids is 1. The van der Waals surface area contributed by atoms with Crippen molar-refractivity contribution in [3.63, 3.8) is 0 Å². The summed E-state index contributed by atoms with van der Waals surface area (Å²) in [7, 11) is 0. The van der Waals surface area contributed by atoms with Gasteiger partial charge in [0.25, 0.3) is 5.91 Å². The number of nitrogens with zero attached hydrogens (tertiary/aromatic N) is 1. The summed E-state index contributed by atoms with van der Waals surface area (Å²) >= 11 is 8.10. The monoisotopic (exact) mass is 379 g/mol. The third kappa shape index (κ3) is 4.67. The van der Waals surface area contributed by atoms with Crippen LogP contribution in [0.5, 0.6) is 5.75 Å². The van der Waals surface area contributed by atoms with Gasteiger partial charge in [0, 0.05) is 29.1 Å². The van der Waals surface area contributed by atoms with Crippen LogP contribution in [0.2, 0.25) is 5.02 Å². The lowest BCUT2D eigenvalue weighted by atomic mass is 10.1. The summed E-state index contributed by atoms with van der Waals surface area (Å²) in [5.74, 6) is 0.361. The molecule has 1 heterocycles. The minimum Gasteiger partial charge on any atom is -0.481 e. The second-order valence-corrected chi connectivity index (χ2v) is 7.49. The Balaban J connectivity index is 1.56. The van der Waals surface area contributed by atoms with Crippen molar-refractivity contribution < 1.29 is 13.9 Å². The van der Waals surface area contributed by atoms with Crippen LogP contribution < -0.4 is 4.74 Å². The third-order valence-electron chi connectivity index (χ3n) is 4.13. The molecule has 1 aliphatic rings. The minimum absolute atomic E-state index is 0.106. The first-order valence-corrected chi connectivity index (χ1v) is 9.59. The zero-order valence-electron chi connectivity index (χ0n) is 13.7. The Kier molecular flexibility index (Phi) is 6.21. The van der Waals surface area contributed by atoms with Gasteiger partial charge in [0.1, 0.15) is 0 Å². The van der Waals surface area contributed by atoms with Crippen LogP contribution in [0, 0.1) is 5.82 Å². The van der Waals surface area contributed by atoms with E-state index in [4.69, 9.17) is 16.3 Å². The lowest BCUT2D eigenvalue weighted by Crippen LogP contribution is -2.36.